The topological polar surface area (TPSA) is 41.7 Å². The standard InChI is InChI=1S/C15H29N3O/c16-14-1-7-18(8-2-14)15-3-6-17(12-15)11-13-4-9-19-10-5-13/h13-15H,1-12,16H2. The van der Waals surface area contributed by atoms with Crippen LogP contribution in [0, 0.1) is 5.92 Å². The Kier molecular flexibility index (Phi) is 4.74. The van der Waals surface area contributed by atoms with Crippen LogP contribution in [0.4, 0.5) is 0 Å². The fraction of sp³-hybridized carbons (Fsp3) is 1.00. The van der Waals surface area contributed by atoms with Gasteiger partial charge >= 0.3 is 0 Å². The van der Waals surface area contributed by atoms with E-state index in [-0.39, 0.29) is 0 Å². The maximum Gasteiger partial charge on any atom is 0.0469 e. The largest absolute Gasteiger partial charge is 0.381 e. The Labute approximate surface area is 117 Å². The lowest BCUT2D eigenvalue weighted by Crippen LogP contribution is -2.46. The van der Waals surface area contributed by atoms with Crippen molar-refractivity contribution in [3.8, 4) is 0 Å². The summed E-state index contributed by atoms with van der Waals surface area (Å²) < 4.78 is 5.45. The molecule has 110 valence electrons. The number of hydrogen-bond donors (Lipinski definition) is 1. The zero-order valence-corrected chi connectivity index (χ0v) is 12.1. The van der Waals surface area contributed by atoms with Gasteiger partial charge in [0.1, 0.15) is 0 Å². The molecule has 3 aliphatic rings. The summed E-state index contributed by atoms with van der Waals surface area (Å²) in [6.45, 7) is 8.27. The quantitative estimate of drug-likeness (QED) is 0.825. The van der Waals surface area contributed by atoms with Crippen LogP contribution in [0.15, 0.2) is 0 Å². The number of nitrogens with zero attached hydrogens (tertiary/aromatic N) is 2. The molecule has 3 saturated heterocycles. The van der Waals surface area contributed by atoms with Crippen molar-refractivity contribution in [1.29, 1.82) is 0 Å². The molecule has 2 N–H and O–H groups in total. The van der Waals surface area contributed by atoms with Gasteiger partial charge in [-0.05, 0) is 57.7 Å². The second-order valence-corrected chi connectivity index (χ2v) is 6.63. The van der Waals surface area contributed by atoms with E-state index < -0.39 is 0 Å². The van der Waals surface area contributed by atoms with E-state index in [2.05, 4.69) is 9.80 Å². The lowest BCUT2D eigenvalue weighted by molar-refractivity contribution is 0.0541. The molecule has 3 fully saturated rings. The van der Waals surface area contributed by atoms with Crippen LogP contribution in [0.5, 0.6) is 0 Å². The first kappa shape index (κ1) is 13.8. The molecule has 0 saturated carbocycles. The molecule has 0 radical (unpaired) electrons. The number of ether oxygens (including phenoxy) is 1. The highest BCUT2D eigenvalue weighted by molar-refractivity contribution is 4.87. The third-order valence-corrected chi connectivity index (χ3v) is 5.20. The van der Waals surface area contributed by atoms with Crippen LogP contribution in [-0.2, 0) is 4.74 Å². The Morgan fingerprint density at radius 1 is 0.947 bits per heavy atom. The molecule has 3 rings (SSSR count). The third kappa shape index (κ3) is 3.69. The Bertz CT molecular complexity index is 273. The molecule has 4 heteroatoms. The van der Waals surface area contributed by atoms with Gasteiger partial charge in [0.15, 0.2) is 0 Å². The zero-order valence-electron chi connectivity index (χ0n) is 12.1. The van der Waals surface area contributed by atoms with Crippen molar-refractivity contribution in [1.82, 2.24) is 9.80 Å². The summed E-state index contributed by atoms with van der Waals surface area (Å²) in [5, 5.41) is 0. The minimum absolute atomic E-state index is 0.455. The van der Waals surface area contributed by atoms with Gasteiger partial charge in [0.2, 0.25) is 0 Å². The summed E-state index contributed by atoms with van der Waals surface area (Å²) in [6, 6.07) is 1.25. The van der Waals surface area contributed by atoms with Gasteiger partial charge in [0.25, 0.3) is 0 Å². The number of rotatable bonds is 3. The molecule has 0 bridgehead atoms. The summed E-state index contributed by atoms with van der Waals surface area (Å²) in [4.78, 5) is 5.38. The average molecular weight is 267 g/mol. The molecule has 3 aliphatic heterocycles. The van der Waals surface area contributed by atoms with E-state index in [1.54, 1.807) is 0 Å². The van der Waals surface area contributed by atoms with Crippen LogP contribution in [0.3, 0.4) is 0 Å². The average Bonchev–Trinajstić information content (AvgIpc) is 2.89. The lowest BCUT2D eigenvalue weighted by atomic mass is 10.00. The Balaban J connectivity index is 1.42. The van der Waals surface area contributed by atoms with Crippen molar-refractivity contribution in [3.05, 3.63) is 0 Å². The first-order chi connectivity index (χ1) is 9.31. The Hall–Kier alpha value is -0.160. The van der Waals surface area contributed by atoms with E-state index in [9.17, 15) is 0 Å². The van der Waals surface area contributed by atoms with Crippen molar-refractivity contribution in [3.63, 3.8) is 0 Å². The Morgan fingerprint density at radius 3 is 2.42 bits per heavy atom. The normalized spacial score (nSPS) is 33.0. The van der Waals surface area contributed by atoms with Gasteiger partial charge in [-0.1, -0.05) is 0 Å². The van der Waals surface area contributed by atoms with E-state index in [1.807, 2.05) is 0 Å². The van der Waals surface area contributed by atoms with Crippen molar-refractivity contribution in [2.75, 3.05) is 45.9 Å². The highest BCUT2D eigenvalue weighted by Crippen LogP contribution is 2.23. The molecule has 0 aromatic rings. The zero-order chi connectivity index (χ0) is 13.1. The molecule has 3 heterocycles. The minimum atomic E-state index is 0.455. The molecule has 1 unspecified atom stereocenters. The van der Waals surface area contributed by atoms with Crippen LogP contribution in [0.25, 0.3) is 0 Å². The summed E-state index contributed by atoms with van der Waals surface area (Å²) in [5.41, 5.74) is 6.00. The number of likely N-dealkylation sites (tertiary alicyclic amines) is 2. The summed E-state index contributed by atoms with van der Waals surface area (Å²) in [6.07, 6.45) is 6.27. The van der Waals surface area contributed by atoms with Crippen LogP contribution in [-0.4, -0.2) is 67.8 Å². The van der Waals surface area contributed by atoms with Crippen LogP contribution >= 0.6 is 0 Å². The molecular formula is C15H29N3O. The second kappa shape index (κ2) is 6.53. The number of piperidine rings is 1. The summed E-state index contributed by atoms with van der Waals surface area (Å²) in [5.74, 6) is 0.877. The van der Waals surface area contributed by atoms with Crippen LogP contribution in [0.2, 0.25) is 0 Å². The molecule has 0 amide bonds. The highest BCUT2D eigenvalue weighted by Gasteiger charge is 2.30. The maximum absolute atomic E-state index is 6.00. The first-order valence-corrected chi connectivity index (χ1v) is 8.11. The van der Waals surface area contributed by atoms with Gasteiger partial charge in [-0.25, -0.2) is 0 Å². The second-order valence-electron chi connectivity index (χ2n) is 6.63. The Morgan fingerprint density at radius 2 is 1.68 bits per heavy atom. The van der Waals surface area contributed by atoms with E-state index in [4.69, 9.17) is 10.5 Å². The van der Waals surface area contributed by atoms with Gasteiger partial charge in [-0.2, -0.15) is 0 Å². The molecule has 1 atom stereocenters. The van der Waals surface area contributed by atoms with E-state index >= 15 is 0 Å². The molecule has 19 heavy (non-hydrogen) atoms. The number of nitrogens with two attached hydrogens (primary N) is 1. The van der Waals surface area contributed by atoms with E-state index in [1.165, 1.54) is 64.8 Å². The highest BCUT2D eigenvalue weighted by atomic mass is 16.5. The SMILES string of the molecule is NC1CCN(C2CCN(CC3CCOCC3)C2)CC1. The first-order valence-electron chi connectivity index (χ1n) is 8.11. The van der Waals surface area contributed by atoms with Gasteiger partial charge in [0.05, 0.1) is 0 Å². The predicted octanol–water partition coefficient (Wildman–Crippen LogP) is 0.910. The summed E-state index contributed by atoms with van der Waals surface area (Å²) in [7, 11) is 0. The van der Waals surface area contributed by atoms with Gasteiger partial charge in [0, 0.05) is 38.4 Å². The van der Waals surface area contributed by atoms with E-state index in [0.717, 1.165) is 25.2 Å². The smallest absolute Gasteiger partial charge is 0.0469 e. The minimum Gasteiger partial charge on any atom is -0.381 e. The third-order valence-electron chi connectivity index (χ3n) is 5.20. The summed E-state index contributed by atoms with van der Waals surface area (Å²) >= 11 is 0. The van der Waals surface area contributed by atoms with Gasteiger partial charge in [-0.3, -0.25) is 4.90 Å². The fourth-order valence-corrected chi connectivity index (χ4v) is 3.85. The molecule has 0 aliphatic carbocycles. The molecular weight excluding hydrogens is 238 g/mol. The van der Waals surface area contributed by atoms with Crippen molar-refractivity contribution >= 4 is 0 Å². The molecule has 4 nitrogen and oxygen atoms in total. The fourth-order valence-electron chi connectivity index (χ4n) is 3.85. The van der Waals surface area contributed by atoms with Gasteiger partial charge < -0.3 is 15.4 Å². The monoisotopic (exact) mass is 267 g/mol. The maximum atomic E-state index is 6.00. The van der Waals surface area contributed by atoms with E-state index in [0.29, 0.717) is 6.04 Å². The van der Waals surface area contributed by atoms with Crippen molar-refractivity contribution < 1.29 is 4.74 Å². The van der Waals surface area contributed by atoms with Crippen LogP contribution < -0.4 is 5.73 Å². The van der Waals surface area contributed by atoms with Crippen molar-refractivity contribution in [2.24, 2.45) is 11.7 Å². The number of hydrogen-bond acceptors (Lipinski definition) is 4. The predicted molar refractivity (Wildman–Crippen MR) is 77.2 cm³/mol. The van der Waals surface area contributed by atoms with Crippen LogP contribution in [0.1, 0.15) is 32.1 Å². The molecule has 0 aromatic heterocycles. The molecule has 0 spiro atoms. The lowest BCUT2D eigenvalue weighted by Gasteiger charge is -2.35. The van der Waals surface area contributed by atoms with Gasteiger partial charge in [-0.15, -0.1) is 0 Å². The molecule has 0 aromatic carbocycles. The van der Waals surface area contributed by atoms with Crippen molar-refractivity contribution in [2.45, 2.75) is 44.2 Å².